The van der Waals surface area contributed by atoms with E-state index in [4.69, 9.17) is 28.7 Å². The molecule has 2 bridgehead atoms. The van der Waals surface area contributed by atoms with E-state index in [9.17, 15) is 4.39 Å². The number of piperazine rings is 1. The number of ether oxygens (including phenoxy) is 1. The number of hydrogen-bond acceptors (Lipinski definition) is 8. The van der Waals surface area contributed by atoms with Gasteiger partial charge in [0.1, 0.15) is 29.5 Å². The van der Waals surface area contributed by atoms with Crippen molar-refractivity contribution in [2.75, 3.05) is 43.4 Å². The standard InChI is InChI=1S/C36H37F2N7O/c1-4-25-28(37)8-7-22-13-23(39)14-26(29(22)25)31-30(38)32-27(16-40-31)33(44-18-24-9-11-35(5-2,19-44)43-24)42-34(41-32)46-20-36-10-6-12-45(36)17-21(3)15-36/h1,7-8,13-14,16,24,43H,3,5-6,9-12,15,17-20,39H2,2H3/t24-,35+,36-/m0/s1/i2D3,5D2. The molecule has 0 radical (unpaired) electrons. The first-order chi connectivity index (χ1) is 24.1. The van der Waals surface area contributed by atoms with Crippen LogP contribution < -0.4 is 20.7 Å². The second-order valence-corrected chi connectivity index (χ2v) is 13.2. The lowest BCUT2D eigenvalue weighted by Crippen LogP contribution is -2.59. The van der Waals surface area contributed by atoms with E-state index in [1.807, 2.05) is 0 Å². The summed E-state index contributed by atoms with van der Waals surface area (Å²) in [5, 5.41) is 4.28. The maximum atomic E-state index is 17.1. The molecule has 236 valence electrons. The zero-order valence-electron chi connectivity index (χ0n) is 30.3. The second-order valence-electron chi connectivity index (χ2n) is 13.2. The maximum absolute atomic E-state index is 17.1. The Morgan fingerprint density at radius 1 is 1.30 bits per heavy atom. The molecule has 4 aliphatic heterocycles. The van der Waals surface area contributed by atoms with Crippen molar-refractivity contribution in [3.63, 3.8) is 0 Å². The van der Waals surface area contributed by atoms with Crippen LogP contribution in [-0.4, -0.2) is 69.8 Å². The number of nitrogens with two attached hydrogens (primary N) is 1. The number of nitrogen functional groups attached to an aromatic ring is 1. The Hall–Kier alpha value is -4.33. The number of pyridine rings is 1. The van der Waals surface area contributed by atoms with Crippen LogP contribution in [0.5, 0.6) is 6.01 Å². The van der Waals surface area contributed by atoms with Crippen molar-refractivity contribution in [3.05, 3.63) is 59.8 Å². The molecule has 0 aliphatic carbocycles. The molecule has 6 heterocycles. The molecule has 4 aromatic rings. The van der Waals surface area contributed by atoms with Crippen LogP contribution in [0.3, 0.4) is 0 Å². The van der Waals surface area contributed by atoms with Gasteiger partial charge >= 0.3 is 6.01 Å². The zero-order chi connectivity index (χ0) is 36.1. The number of benzene rings is 2. The Bertz CT molecular complexity index is 2170. The number of aromatic nitrogens is 3. The van der Waals surface area contributed by atoms with Gasteiger partial charge in [0.05, 0.1) is 16.5 Å². The van der Waals surface area contributed by atoms with E-state index in [-0.39, 0.29) is 69.7 Å². The van der Waals surface area contributed by atoms with Crippen LogP contribution >= 0.6 is 0 Å². The number of nitrogens with one attached hydrogen (secondary N) is 1. The van der Waals surface area contributed by atoms with Crippen molar-refractivity contribution in [2.24, 2.45) is 0 Å². The van der Waals surface area contributed by atoms with E-state index in [2.05, 4.69) is 32.7 Å². The van der Waals surface area contributed by atoms with E-state index in [0.29, 0.717) is 30.5 Å². The summed E-state index contributed by atoms with van der Waals surface area (Å²) in [7, 11) is 0. The molecule has 4 aliphatic rings. The summed E-state index contributed by atoms with van der Waals surface area (Å²) >= 11 is 0. The molecule has 46 heavy (non-hydrogen) atoms. The maximum Gasteiger partial charge on any atom is 0.319 e. The molecule has 0 saturated carbocycles. The highest BCUT2D eigenvalue weighted by Gasteiger charge is 2.47. The highest BCUT2D eigenvalue weighted by Crippen LogP contribution is 2.43. The number of anilines is 2. The smallest absolute Gasteiger partial charge is 0.319 e. The molecule has 0 amide bonds. The minimum absolute atomic E-state index is 0.0496. The van der Waals surface area contributed by atoms with Crippen LogP contribution in [-0.2, 0) is 0 Å². The molecular weight excluding hydrogens is 584 g/mol. The van der Waals surface area contributed by atoms with Crippen LogP contribution in [0.25, 0.3) is 32.9 Å². The Kier molecular flexibility index (Phi) is 5.52. The second kappa shape index (κ2) is 10.6. The highest BCUT2D eigenvalue weighted by atomic mass is 19.1. The minimum atomic E-state index is -2.91. The van der Waals surface area contributed by atoms with E-state index < -0.39 is 30.4 Å². The van der Waals surface area contributed by atoms with Gasteiger partial charge in [-0.15, -0.1) is 6.42 Å². The van der Waals surface area contributed by atoms with Crippen molar-refractivity contribution in [3.8, 4) is 29.6 Å². The van der Waals surface area contributed by atoms with Crippen LogP contribution in [0.15, 0.2) is 42.6 Å². The molecule has 2 aromatic carbocycles. The van der Waals surface area contributed by atoms with Crippen LogP contribution in [0.4, 0.5) is 20.3 Å². The van der Waals surface area contributed by atoms with Gasteiger partial charge in [0.2, 0.25) is 0 Å². The normalized spacial score (nSPS) is 28.0. The Morgan fingerprint density at radius 3 is 3.04 bits per heavy atom. The summed E-state index contributed by atoms with van der Waals surface area (Å²) < 4.78 is 80.1. The fourth-order valence-electron chi connectivity index (χ4n) is 8.13. The average molecular weight is 627 g/mol. The SMILES string of the molecule is [2H]C([2H])([2H])C([2H])([2H])[C@@]12CC[C@@H](CN(c3nc(OC[C@@]45CCCN4CC(=C)C5)nc4c(F)c(-c5cc(N)cc6ccc(F)c(C#C)c56)ncc34)C1)N2. The fourth-order valence-corrected chi connectivity index (χ4v) is 8.13. The molecule has 3 N–H and O–H groups in total. The Balaban J connectivity index is 1.29. The Labute approximate surface area is 274 Å². The first-order valence-electron chi connectivity index (χ1n) is 18.1. The highest BCUT2D eigenvalue weighted by molar-refractivity contribution is 6.03. The topological polar surface area (TPSA) is 92.4 Å². The summed E-state index contributed by atoms with van der Waals surface area (Å²) in [4.78, 5) is 18.0. The Morgan fingerprint density at radius 2 is 2.20 bits per heavy atom. The van der Waals surface area contributed by atoms with E-state index in [1.54, 1.807) is 11.0 Å². The number of hydrogen-bond donors (Lipinski definition) is 2. The van der Waals surface area contributed by atoms with Gasteiger partial charge in [-0.3, -0.25) is 9.88 Å². The third kappa shape index (κ3) is 4.51. The third-order valence-electron chi connectivity index (χ3n) is 10.2. The molecule has 0 spiro atoms. The molecule has 10 heteroatoms. The molecule has 3 atom stereocenters. The number of halogens is 2. The lowest BCUT2D eigenvalue weighted by molar-refractivity contribution is 0.108. The van der Waals surface area contributed by atoms with Gasteiger partial charge in [0, 0.05) is 60.9 Å². The molecule has 8 rings (SSSR count). The predicted octanol–water partition coefficient (Wildman–Crippen LogP) is 5.58. The van der Waals surface area contributed by atoms with Gasteiger partial charge in [-0.1, -0.05) is 31.0 Å². The largest absolute Gasteiger partial charge is 0.461 e. The summed E-state index contributed by atoms with van der Waals surface area (Å²) in [5.41, 5.74) is 5.80. The molecule has 2 aromatic heterocycles. The van der Waals surface area contributed by atoms with Gasteiger partial charge in [-0.05, 0) is 68.6 Å². The van der Waals surface area contributed by atoms with Gasteiger partial charge in [0.25, 0.3) is 0 Å². The van der Waals surface area contributed by atoms with Crippen molar-refractivity contribution in [1.82, 2.24) is 25.2 Å². The predicted molar refractivity (Wildman–Crippen MR) is 177 cm³/mol. The number of terminal acetylenes is 1. The first-order valence-corrected chi connectivity index (χ1v) is 15.6. The third-order valence-corrected chi connectivity index (χ3v) is 10.2. The summed E-state index contributed by atoms with van der Waals surface area (Å²) in [6, 6.07) is 5.55. The van der Waals surface area contributed by atoms with Crippen molar-refractivity contribution in [2.45, 2.75) is 62.4 Å². The van der Waals surface area contributed by atoms with Crippen molar-refractivity contribution < 1.29 is 20.4 Å². The molecule has 8 nitrogen and oxygen atoms in total. The minimum Gasteiger partial charge on any atom is -0.461 e. The van der Waals surface area contributed by atoms with Gasteiger partial charge in [-0.2, -0.15) is 9.97 Å². The zero-order valence-corrected chi connectivity index (χ0v) is 25.3. The van der Waals surface area contributed by atoms with E-state index in [1.165, 1.54) is 24.4 Å². The van der Waals surface area contributed by atoms with Crippen molar-refractivity contribution in [1.29, 1.82) is 0 Å². The average Bonchev–Trinajstić information content (AvgIpc) is 3.72. The van der Waals surface area contributed by atoms with E-state index in [0.717, 1.165) is 37.9 Å². The van der Waals surface area contributed by atoms with Crippen LogP contribution in [0, 0.1) is 24.0 Å². The monoisotopic (exact) mass is 626 g/mol. The lowest BCUT2D eigenvalue weighted by Gasteiger charge is -2.42. The van der Waals surface area contributed by atoms with E-state index >= 15 is 4.39 Å². The molecule has 4 fully saturated rings. The first kappa shape index (κ1) is 23.9. The fraction of sp³-hybridized carbons (Fsp3) is 0.417. The number of fused-ring (bicyclic) bond motifs is 5. The number of nitrogens with zero attached hydrogens (tertiary/aromatic N) is 5. The van der Waals surface area contributed by atoms with Crippen molar-refractivity contribution >= 4 is 33.2 Å². The quantitative estimate of drug-likeness (QED) is 0.163. The van der Waals surface area contributed by atoms with Crippen LogP contribution in [0.2, 0.25) is 0 Å². The summed E-state index contributed by atoms with van der Waals surface area (Å²) in [5.74, 6) is 1.15. The summed E-state index contributed by atoms with van der Waals surface area (Å²) in [6.07, 6.45) is 8.08. The molecule has 0 unspecified atom stereocenters. The van der Waals surface area contributed by atoms with Crippen LogP contribution in [0.1, 0.15) is 57.7 Å². The number of rotatable bonds is 6. The van der Waals surface area contributed by atoms with Gasteiger partial charge in [-0.25, -0.2) is 8.78 Å². The summed E-state index contributed by atoms with van der Waals surface area (Å²) in [6.45, 7) is 3.54. The van der Waals surface area contributed by atoms with Gasteiger partial charge < -0.3 is 20.7 Å². The van der Waals surface area contributed by atoms with Gasteiger partial charge in [0.15, 0.2) is 5.82 Å². The molecular formula is C36H37F2N7O. The lowest BCUT2D eigenvalue weighted by atomic mass is 9.93. The molecule has 4 saturated heterocycles.